The van der Waals surface area contributed by atoms with Crippen molar-refractivity contribution in [2.45, 2.75) is 13.1 Å². The van der Waals surface area contributed by atoms with E-state index in [1.807, 2.05) is 24.3 Å². The third kappa shape index (κ3) is 6.05. The zero-order chi connectivity index (χ0) is 22.4. The smallest absolute Gasteiger partial charge is 0.251 e. The molecule has 0 aromatic heterocycles. The van der Waals surface area contributed by atoms with E-state index in [4.69, 9.17) is 4.74 Å². The van der Waals surface area contributed by atoms with Crippen molar-refractivity contribution in [3.05, 3.63) is 95.3 Å². The zero-order valence-electron chi connectivity index (χ0n) is 17.2. The lowest BCUT2D eigenvalue weighted by Gasteiger charge is -2.22. The topological polar surface area (TPSA) is 75.7 Å². The average Bonchev–Trinajstić information content (AvgIpc) is 2.77. The van der Waals surface area contributed by atoms with E-state index < -0.39 is 10.0 Å². The normalized spacial score (nSPS) is 11.1. The van der Waals surface area contributed by atoms with Crippen LogP contribution in [-0.2, 0) is 23.1 Å². The highest BCUT2D eigenvalue weighted by molar-refractivity contribution is 7.92. The minimum atomic E-state index is -3.58. The number of hydrogen-bond acceptors (Lipinski definition) is 4. The van der Waals surface area contributed by atoms with Crippen LogP contribution in [0.25, 0.3) is 0 Å². The summed E-state index contributed by atoms with van der Waals surface area (Å²) in [6, 6.07) is 19.3. The number of halogens is 1. The maximum absolute atomic E-state index is 13.1. The highest BCUT2D eigenvalue weighted by Crippen LogP contribution is 2.21. The average molecular weight is 443 g/mol. The van der Waals surface area contributed by atoms with E-state index in [2.05, 4.69) is 5.32 Å². The maximum atomic E-state index is 13.1. The van der Waals surface area contributed by atoms with Crippen molar-refractivity contribution in [3.8, 4) is 5.75 Å². The van der Waals surface area contributed by atoms with Crippen LogP contribution < -0.4 is 14.4 Å². The number of carbonyl (C=O) groups is 1. The van der Waals surface area contributed by atoms with Gasteiger partial charge in [-0.3, -0.25) is 9.10 Å². The van der Waals surface area contributed by atoms with Gasteiger partial charge < -0.3 is 10.1 Å². The van der Waals surface area contributed by atoms with Crippen LogP contribution in [0.5, 0.6) is 5.75 Å². The van der Waals surface area contributed by atoms with Crippen LogP contribution in [0.2, 0.25) is 0 Å². The number of ether oxygens (including phenoxy) is 1. The summed E-state index contributed by atoms with van der Waals surface area (Å²) in [6.45, 7) is 0.409. The van der Waals surface area contributed by atoms with Crippen molar-refractivity contribution in [3.63, 3.8) is 0 Å². The lowest BCUT2D eigenvalue weighted by atomic mass is 10.1. The van der Waals surface area contributed by atoms with Crippen molar-refractivity contribution < 1.29 is 22.3 Å². The summed E-state index contributed by atoms with van der Waals surface area (Å²) in [5.74, 6) is 0.0770. The van der Waals surface area contributed by atoms with Crippen LogP contribution in [0, 0.1) is 5.82 Å². The summed E-state index contributed by atoms with van der Waals surface area (Å²) in [4.78, 5) is 12.4. The van der Waals surface area contributed by atoms with Gasteiger partial charge in [0.1, 0.15) is 11.6 Å². The number of benzene rings is 3. The van der Waals surface area contributed by atoms with Crippen LogP contribution in [-0.4, -0.2) is 27.7 Å². The van der Waals surface area contributed by atoms with Gasteiger partial charge in [-0.2, -0.15) is 0 Å². The second-order valence-corrected chi connectivity index (χ2v) is 8.88. The molecule has 0 spiro atoms. The standard InChI is InChI=1S/C23H23FN2O4S/c1-30-22-13-5-17(6-14-22)15-25-23(27)19-7-11-21(12-8-19)26(31(2,28)29)16-18-3-9-20(24)10-4-18/h3-14H,15-16H2,1-2H3,(H,25,27). The summed E-state index contributed by atoms with van der Waals surface area (Å²) in [5.41, 5.74) is 2.40. The Hall–Kier alpha value is -3.39. The number of rotatable bonds is 8. The van der Waals surface area contributed by atoms with Gasteiger partial charge in [0, 0.05) is 12.1 Å². The van der Waals surface area contributed by atoms with E-state index in [9.17, 15) is 17.6 Å². The Labute approximate surface area is 181 Å². The number of anilines is 1. The number of carbonyl (C=O) groups excluding carboxylic acids is 1. The molecular weight excluding hydrogens is 419 g/mol. The molecule has 0 aliphatic heterocycles. The van der Waals surface area contributed by atoms with E-state index in [0.29, 0.717) is 23.4 Å². The van der Waals surface area contributed by atoms with E-state index in [0.717, 1.165) is 17.6 Å². The van der Waals surface area contributed by atoms with Crippen molar-refractivity contribution in [2.75, 3.05) is 17.7 Å². The second kappa shape index (κ2) is 9.61. The quantitative estimate of drug-likeness (QED) is 0.577. The van der Waals surface area contributed by atoms with Gasteiger partial charge in [-0.25, -0.2) is 12.8 Å². The molecule has 8 heteroatoms. The van der Waals surface area contributed by atoms with Crippen LogP contribution in [0.15, 0.2) is 72.8 Å². The predicted octanol–water partition coefficient (Wildman–Crippen LogP) is 3.73. The Morgan fingerprint density at radius 3 is 2.06 bits per heavy atom. The minimum absolute atomic E-state index is 0.0577. The predicted molar refractivity (Wildman–Crippen MR) is 118 cm³/mol. The molecule has 0 unspecified atom stereocenters. The van der Waals surface area contributed by atoms with Crippen molar-refractivity contribution in [2.24, 2.45) is 0 Å². The number of sulfonamides is 1. The summed E-state index contributed by atoms with van der Waals surface area (Å²) >= 11 is 0. The molecule has 0 heterocycles. The van der Waals surface area contributed by atoms with Crippen molar-refractivity contribution >= 4 is 21.6 Å². The van der Waals surface area contributed by atoms with E-state index in [-0.39, 0.29) is 18.3 Å². The molecule has 31 heavy (non-hydrogen) atoms. The minimum Gasteiger partial charge on any atom is -0.497 e. The first-order valence-corrected chi connectivity index (χ1v) is 11.3. The Balaban J connectivity index is 1.69. The van der Waals surface area contributed by atoms with Gasteiger partial charge in [0.05, 0.1) is 25.6 Å². The van der Waals surface area contributed by atoms with Crippen LogP contribution in [0.4, 0.5) is 10.1 Å². The Morgan fingerprint density at radius 1 is 0.935 bits per heavy atom. The van der Waals surface area contributed by atoms with Crippen LogP contribution in [0.1, 0.15) is 21.5 Å². The number of nitrogens with zero attached hydrogens (tertiary/aromatic N) is 1. The molecule has 6 nitrogen and oxygen atoms in total. The molecule has 162 valence electrons. The Bertz CT molecular complexity index is 1130. The van der Waals surface area contributed by atoms with Gasteiger partial charge in [0.15, 0.2) is 0 Å². The highest BCUT2D eigenvalue weighted by atomic mass is 32.2. The zero-order valence-corrected chi connectivity index (χ0v) is 18.0. The SMILES string of the molecule is COc1ccc(CNC(=O)c2ccc(N(Cc3ccc(F)cc3)S(C)(=O)=O)cc2)cc1. The summed E-state index contributed by atoms with van der Waals surface area (Å²) in [7, 11) is -1.99. The monoisotopic (exact) mass is 442 g/mol. The number of methoxy groups -OCH3 is 1. The van der Waals surface area contributed by atoms with Gasteiger partial charge >= 0.3 is 0 Å². The number of nitrogens with one attached hydrogen (secondary N) is 1. The molecule has 0 radical (unpaired) electrons. The van der Waals surface area contributed by atoms with Gasteiger partial charge in [-0.15, -0.1) is 0 Å². The summed E-state index contributed by atoms with van der Waals surface area (Å²) in [6.07, 6.45) is 1.10. The molecule has 1 N–H and O–H groups in total. The fraction of sp³-hybridized carbons (Fsp3) is 0.174. The highest BCUT2D eigenvalue weighted by Gasteiger charge is 2.18. The van der Waals surface area contributed by atoms with Crippen LogP contribution >= 0.6 is 0 Å². The van der Waals surface area contributed by atoms with Gasteiger partial charge in [-0.1, -0.05) is 24.3 Å². The third-order valence-corrected chi connectivity index (χ3v) is 5.81. The molecule has 0 saturated carbocycles. The lowest BCUT2D eigenvalue weighted by molar-refractivity contribution is 0.0951. The fourth-order valence-electron chi connectivity index (χ4n) is 2.96. The van der Waals surface area contributed by atoms with Gasteiger partial charge in [-0.05, 0) is 59.7 Å². The van der Waals surface area contributed by atoms with E-state index in [1.54, 1.807) is 31.4 Å². The van der Waals surface area contributed by atoms with E-state index >= 15 is 0 Å². The Morgan fingerprint density at radius 2 is 1.52 bits per heavy atom. The molecular formula is C23H23FN2O4S. The molecule has 3 aromatic carbocycles. The largest absolute Gasteiger partial charge is 0.497 e. The van der Waals surface area contributed by atoms with Gasteiger partial charge in [0.25, 0.3) is 5.91 Å². The summed E-state index contributed by atoms with van der Waals surface area (Å²) in [5, 5.41) is 2.83. The van der Waals surface area contributed by atoms with Crippen LogP contribution in [0.3, 0.4) is 0 Å². The molecule has 0 fully saturated rings. The van der Waals surface area contributed by atoms with E-state index in [1.165, 1.54) is 28.6 Å². The first-order chi connectivity index (χ1) is 14.8. The second-order valence-electron chi connectivity index (χ2n) is 6.97. The number of hydrogen-bond donors (Lipinski definition) is 1. The fourth-order valence-corrected chi connectivity index (χ4v) is 3.85. The molecule has 0 aliphatic rings. The molecule has 0 aliphatic carbocycles. The molecule has 3 rings (SSSR count). The Kier molecular flexibility index (Phi) is 6.91. The molecule has 0 atom stereocenters. The molecule has 0 saturated heterocycles. The number of amides is 1. The summed E-state index contributed by atoms with van der Waals surface area (Å²) < 4.78 is 44.0. The molecule has 3 aromatic rings. The first kappa shape index (κ1) is 22.3. The van der Waals surface area contributed by atoms with Crippen molar-refractivity contribution in [1.29, 1.82) is 0 Å². The maximum Gasteiger partial charge on any atom is 0.251 e. The van der Waals surface area contributed by atoms with Crippen molar-refractivity contribution in [1.82, 2.24) is 5.32 Å². The third-order valence-electron chi connectivity index (χ3n) is 4.67. The first-order valence-electron chi connectivity index (χ1n) is 9.49. The van der Waals surface area contributed by atoms with Gasteiger partial charge in [0.2, 0.25) is 10.0 Å². The lowest BCUT2D eigenvalue weighted by Crippen LogP contribution is -2.29. The molecule has 0 bridgehead atoms. The molecule has 1 amide bonds.